The number of nitrogens with zero attached hydrogens (tertiary/aromatic N) is 1. The quantitative estimate of drug-likeness (QED) is 0.502. The van der Waals surface area contributed by atoms with E-state index >= 15 is 0 Å². The van der Waals surface area contributed by atoms with Crippen LogP contribution in [0.1, 0.15) is 28.8 Å². The molecule has 8 nitrogen and oxygen atoms in total. The van der Waals surface area contributed by atoms with Crippen molar-refractivity contribution >= 4 is 44.8 Å². The number of sulfonamides is 1. The average Bonchev–Trinajstić information content (AvgIpc) is 3.43. The normalized spacial score (nSPS) is 13.9. The number of halogens is 2. The zero-order chi connectivity index (χ0) is 20.5. The van der Waals surface area contributed by atoms with Crippen LogP contribution in [-0.2, 0) is 16.6 Å². The van der Waals surface area contributed by atoms with Crippen molar-refractivity contribution in [2.75, 3.05) is 0 Å². The van der Waals surface area contributed by atoms with Crippen LogP contribution in [0.15, 0.2) is 41.3 Å². The number of carbonyl (C=O) groups excluding carboxylic acids is 1. The minimum absolute atomic E-state index is 0.0107. The fourth-order valence-electron chi connectivity index (χ4n) is 2.41. The third kappa shape index (κ3) is 4.79. The van der Waals surface area contributed by atoms with Gasteiger partial charge in [0, 0.05) is 24.7 Å². The molecule has 28 heavy (non-hydrogen) atoms. The van der Waals surface area contributed by atoms with E-state index in [1.54, 1.807) is 0 Å². The lowest BCUT2D eigenvalue weighted by Gasteiger charge is -2.12. The van der Waals surface area contributed by atoms with Gasteiger partial charge in [0.25, 0.3) is 11.6 Å². The number of nitro groups is 1. The number of hydrogen-bond donors (Lipinski definition) is 2. The highest BCUT2D eigenvalue weighted by Gasteiger charge is 2.30. The van der Waals surface area contributed by atoms with Gasteiger partial charge in [-0.15, -0.1) is 0 Å². The molecule has 2 aromatic carbocycles. The Balaban J connectivity index is 1.77. The molecule has 0 unspecified atom stereocenters. The van der Waals surface area contributed by atoms with Crippen LogP contribution in [0.5, 0.6) is 0 Å². The van der Waals surface area contributed by atoms with Crippen LogP contribution in [0.3, 0.4) is 0 Å². The van der Waals surface area contributed by atoms with Crippen molar-refractivity contribution in [2.45, 2.75) is 30.3 Å². The summed E-state index contributed by atoms with van der Waals surface area (Å²) in [5.74, 6) is -0.595. The topological polar surface area (TPSA) is 118 Å². The van der Waals surface area contributed by atoms with Crippen LogP contribution in [0, 0.1) is 10.1 Å². The smallest absolute Gasteiger partial charge is 0.269 e. The van der Waals surface area contributed by atoms with Gasteiger partial charge in [-0.2, -0.15) is 0 Å². The first-order valence-corrected chi connectivity index (χ1v) is 10.4. The van der Waals surface area contributed by atoms with Crippen molar-refractivity contribution in [3.05, 3.63) is 67.7 Å². The highest BCUT2D eigenvalue weighted by atomic mass is 35.5. The largest absolute Gasteiger partial charge is 0.348 e. The molecule has 1 aliphatic carbocycles. The highest BCUT2D eigenvalue weighted by Crippen LogP contribution is 2.30. The SMILES string of the molecule is O=C(NCc1ccc([N+](=O)[O-])cc1)c1cc(S(=O)(=O)NC2CC2)c(Cl)cc1Cl. The van der Waals surface area contributed by atoms with Gasteiger partial charge < -0.3 is 5.32 Å². The second-order valence-electron chi connectivity index (χ2n) is 6.26. The Hall–Kier alpha value is -2.20. The van der Waals surface area contributed by atoms with Crippen molar-refractivity contribution in [1.29, 1.82) is 0 Å². The Morgan fingerprint density at radius 3 is 2.36 bits per heavy atom. The molecule has 0 aliphatic heterocycles. The molecule has 1 aliphatic rings. The van der Waals surface area contributed by atoms with Crippen LogP contribution < -0.4 is 10.0 Å². The molecule has 0 bridgehead atoms. The predicted molar refractivity (Wildman–Crippen MR) is 104 cm³/mol. The van der Waals surface area contributed by atoms with E-state index < -0.39 is 20.9 Å². The summed E-state index contributed by atoms with van der Waals surface area (Å²) >= 11 is 12.1. The predicted octanol–water partition coefficient (Wildman–Crippen LogP) is 3.27. The Morgan fingerprint density at radius 1 is 1.14 bits per heavy atom. The molecule has 0 radical (unpaired) electrons. The number of nitro benzene ring substituents is 1. The van der Waals surface area contributed by atoms with Crippen LogP contribution in [0.2, 0.25) is 10.0 Å². The number of benzene rings is 2. The first-order valence-electron chi connectivity index (χ1n) is 8.20. The summed E-state index contributed by atoms with van der Waals surface area (Å²) in [5, 5.41) is 13.2. The Morgan fingerprint density at radius 2 is 1.79 bits per heavy atom. The van der Waals surface area contributed by atoms with Crippen LogP contribution >= 0.6 is 23.2 Å². The first kappa shape index (κ1) is 20.5. The average molecular weight is 444 g/mol. The highest BCUT2D eigenvalue weighted by molar-refractivity contribution is 7.89. The minimum Gasteiger partial charge on any atom is -0.348 e. The third-order valence-electron chi connectivity index (χ3n) is 4.06. The second-order valence-corrected chi connectivity index (χ2v) is 8.76. The van der Waals surface area contributed by atoms with Gasteiger partial charge in [0.15, 0.2) is 0 Å². The van der Waals surface area contributed by atoms with E-state index in [1.807, 2.05) is 0 Å². The zero-order valence-corrected chi connectivity index (χ0v) is 16.6. The van der Waals surface area contributed by atoms with Gasteiger partial charge in [0.1, 0.15) is 4.90 Å². The zero-order valence-electron chi connectivity index (χ0n) is 14.3. The van der Waals surface area contributed by atoms with E-state index in [0.29, 0.717) is 5.56 Å². The van der Waals surface area contributed by atoms with Gasteiger partial charge in [-0.25, -0.2) is 13.1 Å². The van der Waals surface area contributed by atoms with Crippen LogP contribution in [0.4, 0.5) is 5.69 Å². The summed E-state index contributed by atoms with van der Waals surface area (Å²) in [6, 6.07) is 7.91. The molecule has 1 amide bonds. The fraction of sp³-hybridized carbons (Fsp3) is 0.235. The van der Waals surface area contributed by atoms with Crippen molar-refractivity contribution in [2.24, 2.45) is 0 Å². The Bertz CT molecular complexity index is 1040. The third-order valence-corrected chi connectivity index (χ3v) is 6.35. The summed E-state index contributed by atoms with van der Waals surface area (Å²) in [7, 11) is -3.86. The van der Waals surface area contributed by atoms with E-state index in [-0.39, 0.29) is 38.8 Å². The summed E-state index contributed by atoms with van der Waals surface area (Å²) < 4.78 is 27.4. The van der Waals surface area contributed by atoms with Crippen LogP contribution in [0.25, 0.3) is 0 Å². The van der Waals surface area contributed by atoms with Gasteiger partial charge in [0.05, 0.1) is 20.5 Å². The molecule has 2 N–H and O–H groups in total. The summed E-state index contributed by atoms with van der Waals surface area (Å²) in [5.41, 5.74) is 0.533. The summed E-state index contributed by atoms with van der Waals surface area (Å²) in [4.78, 5) is 22.4. The number of carbonyl (C=O) groups is 1. The lowest BCUT2D eigenvalue weighted by molar-refractivity contribution is -0.384. The number of non-ortho nitro benzene ring substituents is 1. The molecule has 0 heterocycles. The molecule has 11 heteroatoms. The summed E-state index contributed by atoms with van der Waals surface area (Å²) in [6.45, 7) is 0.0815. The standard InChI is InChI=1S/C17H15Cl2N3O5S/c18-14-8-15(19)16(28(26,27)21-11-3-4-11)7-13(14)17(23)20-9-10-1-5-12(6-2-10)22(24)25/h1-2,5-8,11,21H,3-4,9H2,(H,20,23). The van der Waals surface area contributed by atoms with E-state index in [1.165, 1.54) is 30.3 Å². The number of rotatable bonds is 7. The van der Waals surface area contributed by atoms with E-state index in [4.69, 9.17) is 23.2 Å². The molecule has 1 saturated carbocycles. The Kier molecular flexibility index (Phi) is 5.90. The van der Waals surface area contributed by atoms with Crippen molar-refractivity contribution in [3.8, 4) is 0 Å². The molecule has 0 aromatic heterocycles. The maximum absolute atomic E-state index is 12.5. The fourth-order valence-corrected chi connectivity index (χ4v) is 4.57. The van der Waals surface area contributed by atoms with Crippen molar-refractivity contribution in [1.82, 2.24) is 10.0 Å². The molecular formula is C17H15Cl2N3O5S. The van der Waals surface area contributed by atoms with Gasteiger partial charge in [-0.1, -0.05) is 35.3 Å². The molecule has 3 rings (SSSR count). The van der Waals surface area contributed by atoms with E-state index in [0.717, 1.165) is 18.9 Å². The van der Waals surface area contributed by atoms with Gasteiger partial charge in [-0.05, 0) is 30.5 Å². The molecule has 0 saturated heterocycles. The van der Waals surface area contributed by atoms with Gasteiger partial charge >= 0.3 is 0 Å². The molecule has 0 spiro atoms. The molecule has 1 fully saturated rings. The van der Waals surface area contributed by atoms with Crippen molar-refractivity contribution < 1.29 is 18.1 Å². The van der Waals surface area contributed by atoms with Crippen LogP contribution in [-0.4, -0.2) is 25.3 Å². The lowest BCUT2D eigenvalue weighted by Crippen LogP contribution is -2.27. The number of hydrogen-bond acceptors (Lipinski definition) is 5. The molecule has 148 valence electrons. The van der Waals surface area contributed by atoms with Gasteiger partial charge in [0.2, 0.25) is 10.0 Å². The maximum atomic E-state index is 12.5. The minimum atomic E-state index is -3.86. The lowest BCUT2D eigenvalue weighted by atomic mass is 10.2. The monoisotopic (exact) mass is 443 g/mol. The maximum Gasteiger partial charge on any atom is 0.269 e. The van der Waals surface area contributed by atoms with Crippen molar-refractivity contribution in [3.63, 3.8) is 0 Å². The van der Waals surface area contributed by atoms with Gasteiger partial charge in [-0.3, -0.25) is 14.9 Å². The molecular weight excluding hydrogens is 429 g/mol. The number of amides is 1. The molecule has 0 atom stereocenters. The van der Waals surface area contributed by atoms with E-state index in [9.17, 15) is 23.3 Å². The van der Waals surface area contributed by atoms with E-state index in [2.05, 4.69) is 10.0 Å². The Labute approximate surface area is 171 Å². The molecule has 2 aromatic rings. The summed E-state index contributed by atoms with van der Waals surface area (Å²) in [6.07, 6.45) is 1.51. The first-order chi connectivity index (χ1) is 13.2. The second kappa shape index (κ2) is 8.04. The number of nitrogens with one attached hydrogen (secondary N) is 2.